The largest absolute Gasteiger partial charge is 0.508 e. The molecular formula is C20H16N4O3. The third-order valence-electron chi connectivity index (χ3n) is 4.34. The molecule has 1 atom stereocenters. The summed E-state index contributed by atoms with van der Waals surface area (Å²) < 4.78 is 1.84. The molecule has 1 aliphatic heterocycles. The minimum Gasteiger partial charge on any atom is -0.508 e. The number of nitrogens with zero attached hydrogens (tertiary/aromatic N) is 2. The number of phenols is 1. The fourth-order valence-electron chi connectivity index (χ4n) is 3.00. The Hall–Kier alpha value is -3.87. The van der Waals surface area contributed by atoms with Gasteiger partial charge in [0, 0.05) is 35.4 Å². The van der Waals surface area contributed by atoms with Crippen molar-refractivity contribution in [3.8, 4) is 11.4 Å². The number of hydrogen-bond acceptors (Lipinski definition) is 4. The first kappa shape index (κ1) is 16.6. The van der Waals surface area contributed by atoms with Crippen LogP contribution in [0.5, 0.6) is 5.75 Å². The minimum absolute atomic E-state index is 0.0664. The number of carbonyl (C=O) groups excluding carboxylic acids is 2. The number of urea groups is 1. The Morgan fingerprint density at radius 1 is 1.15 bits per heavy atom. The number of aromatic nitrogens is 2. The van der Waals surface area contributed by atoms with E-state index in [1.54, 1.807) is 36.8 Å². The van der Waals surface area contributed by atoms with Crippen LogP contribution in [0.1, 0.15) is 22.0 Å². The second-order valence-corrected chi connectivity index (χ2v) is 6.09. The van der Waals surface area contributed by atoms with Crippen molar-refractivity contribution in [1.82, 2.24) is 20.2 Å². The van der Waals surface area contributed by atoms with E-state index in [9.17, 15) is 14.7 Å². The smallest absolute Gasteiger partial charge is 0.319 e. The van der Waals surface area contributed by atoms with Crippen molar-refractivity contribution in [2.75, 3.05) is 0 Å². The Labute approximate surface area is 155 Å². The maximum absolute atomic E-state index is 13.0. The van der Waals surface area contributed by atoms with Crippen LogP contribution in [-0.4, -0.2) is 26.5 Å². The van der Waals surface area contributed by atoms with E-state index < -0.39 is 12.1 Å². The summed E-state index contributed by atoms with van der Waals surface area (Å²) >= 11 is 0. The molecule has 3 N–H and O–H groups in total. The molecule has 7 nitrogen and oxygen atoms in total. The SMILES string of the molecule is O=C1NC=C(C(=O)c2ccc(-n3ccnc3)cc2)C(c2cccc(O)c2)N1. The van der Waals surface area contributed by atoms with Crippen LogP contribution in [0.15, 0.2) is 79.0 Å². The fraction of sp³-hybridized carbons (Fsp3) is 0.0500. The summed E-state index contributed by atoms with van der Waals surface area (Å²) in [6.45, 7) is 0. The van der Waals surface area contributed by atoms with Gasteiger partial charge < -0.3 is 20.3 Å². The first-order chi connectivity index (χ1) is 13.1. The molecule has 134 valence electrons. The summed E-state index contributed by atoms with van der Waals surface area (Å²) in [5.41, 5.74) is 2.39. The highest BCUT2D eigenvalue weighted by molar-refractivity contribution is 6.10. The summed E-state index contributed by atoms with van der Waals surface area (Å²) in [5.74, 6) is -0.148. The second kappa shape index (κ2) is 6.80. The summed E-state index contributed by atoms with van der Waals surface area (Å²) in [4.78, 5) is 28.8. The van der Waals surface area contributed by atoms with Crippen LogP contribution in [0, 0.1) is 0 Å². The molecular weight excluding hydrogens is 344 g/mol. The monoisotopic (exact) mass is 360 g/mol. The molecule has 0 saturated heterocycles. The molecule has 2 aromatic carbocycles. The zero-order valence-electron chi connectivity index (χ0n) is 14.2. The molecule has 0 bridgehead atoms. The predicted molar refractivity (Wildman–Crippen MR) is 98.5 cm³/mol. The van der Waals surface area contributed by atoms with Gasteiger partial charge in [-0.1, -0.05) is 12.1 Å². The van der Waals surface area contributed by atoms with Crippen LogP contribution >= 0.6 is 0 Å². The first-order valence-electron chi connectivity index (χ1n) is 8.31. The lowest BCUT2D eigenvalue weighted by atomic mass is 9.92. The lowest BCUT2D eigenvalue weighted by molar-refractivity contribution is 0.102. The third kappa shape index (κ3) is 3.30. The van der Waals surface area contributed by atoms with Crippen molar-refractivity contribution in [2.45, 2.75) is 6.04 Å². The van der Waals surface area contributed by atoms with Crippen molar-refractivity contribution < 1.29 is 14.7 Å². The van der Waals surface area contributed by atoms with Crippen LogP contribution in [0.3, 0.4) is 0 Å². The third-order valence-corrected chi connectivity index (χ3v) is 4.34. The van der Waals surface area contributed by atoms with Gasteiger partial charge in [0.15, 0.2) is 5.78 Å². The van der Waals surface area contributed by atoms with Crippen LogP contribution in [-0.2, 0) is 0 Å². The molecule has 1 unspecified atom stereocenters. The maximum Gasteiger partial charge on any atom is 0.319 e. The molecule has 7 heteroatoms. The molecule has 0 saturated carbocycles. The molecule has 0 fully saturated rings. The average Bonchev–Trinajstić information content (AvgIpc) is 3.22. The second-order valence-electron chi connectivity index (χ2n) is 6.09. The van der Waals surface area contributed by atoms with Crippen molar-refractivity contribution >= 4 is 11.8 Å². The number of benzene rings is 2. The van der Waals surface area contributed by atoms with E-state index >= 15 is 0 Å². The van der Waals surface area contributed by atoms with E-state index in [2.05, 4.69) is 15.6 Å². The van der Waals surface area contributed by atoms with E-state index in [1.807, 2.05) is 22.9 Å². The molecule has 0 aliphatic carbocycles. The summed E-state index contributed by atoms with van der Waals surface area (Å²) in [5, 5.41) is 15.0. The number of Topliss-reactive ketones (excluding diaryl/α,β-unsaturated/α-hetero) is 1. The Bertz CT molecular complexity index is 1020. The first-order valence-corrected chi connectivity index (χ1v) is 8.31. The summed E-state index contributed by atoms with van der Waals surface area (Å²) in [7, 11) is 0. The minimum atomic E-state index is -0.647. The molecule has 4 rings (SSSR count). The lowest BCUT2D eigenvalue weighted by Crippen LogP contribution is -2.42. The number of ketones is 1. The maximum atomic E-state index is 13.0. The molecule has 0 radical (unpaired) electrons. The highest BCUT2D eigenvalue weighted by atomic mass is 16.3. The van der Waals surface area contributed by atoms with Gasteiger partial charge in [0.05, 0.1) is 12.4 Å². The van der Waals surface area contributed by atoms with E-state index in [-0.39, 0.29) is 11.5 Å². The number of hydrogen-bond donors (Lipinski definition) is 3. The van der Waals surface area contributed by atoms with E-state index in [1.165, 1.54) is 18.3 Å². The van der Waals surface area contributed by atoms with E-state index in [0.717, 1.165) is 5.69 Å². The highest BCUT2D eigenvalue weighted by Crippen LogP contribution is 2.28. The summed E-state index contributed by atoms with van der Waals surface area (Å²) in [6.07, 6.45) is 6.59. The molecule has 3 aromatic rings. The van der Waals surface area contributed by atoms with Crippen molar-refractivity contribution in [1.29, 1.82) is 0 Å². The van der Waals surface area contributed by atoms with Gasteiger partial charge in [0.1, 0.15) is 5.75 Å². The number of imidazole rings is 1. The molecule has 2 amide bonds. The Morgan fingerprint density at radius 2 is 1.96 bits per heavy atom. The van der Waals surface area contributed by atoms with Gasteiger partial charge in [-0.2, -0.15) is 0 Å². The number of amides is 2. The number of nitrogens with one attached hydrogen (secondary N) is 2. The van der Waals surface area contributed by atoms with Crippen molar-refractivity contribution in [3.05, 3.63) is 90.2 Å². The highest BCUT2D eigenvalue weighted by Gasteiger charge is 2.28. The summed E-state index contributed by atoms with van der Waals surface area (Å²) in [6, 6.07) is 12.5. The Morgan fingerprint density at radius 3 is 2.67 bits per heavy atom. The van der Waals surface area contributed by atoms with Gasteiger partial charge in [-0.15, -0.1) is 0 Å². The van der Waals surface area contributed by atoms with Crippen LogP contribution in [0.2, 0.25) is 0 Å². The van der Waals surface area contributed by atoms with Crippen LogP contribution < -0.4 is 10.6 Å². The Kier molecular flexibility index (Phi) is 4.18. The van der Waals surface area contributed by atoms with Crippen LogP contribution in [0.4, 0.5) is 4.79 Å². The van der Waals surface area contributed by atoms with Gasteiger partial charge >= 0.3 is 6.03 Å². The van der Waals surface area contributed by atoms with Gasteiger partial charge in [0.2, 0.25) is 0 Å². The van der Waals surface area contributed by atoms with E-state index in [0.29, 0.717) is 16.7 Å². The van der Waals surface area contributed by atoms with Gasteiger partial charge in [-0.05, 0) is 42.0 Å². The van der Waals surface area contributed by atoms with Gasteiger partial charge in [-0.25, -0.2) is 9.78 Å². The molecule has 1 aromatic heterocycles. The zero-order chi connectivity index (χ0) is 18.8. The molecule has 1 aliphatic rings. The number of carbonyl (C=O) groups is 2. The van der Waals surface area contributed by atoms with Gasteiger partial charge in [0.25, 0.3) is 0 Å². The van der Waals surface area contributed by atoms with Gasteiger partial charge in [-0.3, -0.25) is 4.79 Å². The standard InChI is InChI=1S/C20H16N4O3/c25-16-3-1-2-14(10-16)18-17(11-22-20(27)23-18)19(26)13-4-6-15(7-5-13)24-9-8-21-12-24/h1-12,18,25H,(H2,22,23,27). The van der Waals surface area contributed by atoms with E-state index in [4.69, 9.17) is 0 Å². The lowest BCUT2D eigenvalue weighted by Gasteiger charge is -2.25. The predicted octanol–water partition coefficient (Wildman–Crippen LogP) is 2.70. The normalized spacial score (nSPS) is 16.2. The number of aromatic hydroxyl groups is 1. The molecule has 2 heterocycles. The van der Waals surface area contributed by atoms with Crippen molar-refractivity contribution in [2.24, 2.45) is 0 Å². The topological polar surface area (TPSA) is 96.2 Å². The fourth-order valence-corrected chi connectivity index (χ4v) is 3.00. The zero-order valence-corrected chi connectivity index (χ0v) is 14.2. The number of rotatable bonds is 4. The molecule has 27 heavy (non-hydrogen) atoms. The molecule has 0 spiro atoms. The Balaban J connectivity index is 1.65. The number of phenolic OH excluding ortho intramolecular Hbond substituents is 1. The van der Waals surface area contributed by atoms with Crippen molar-refractivity contribution in [3.63, 3.8) is 0 Å². The van der Waals surface area contributed by atoms with Crippen LogP contribution in [0.25, 0.3) is 5.69 Å². The average molecular weight is 360 g/mol. The quantitative estimate of drug-likeness (QED) is 0.623.